The summed E-state index contributed by atoms with van der Waals surface area (Å²) in [5, 5.41) is 17.4. The molecule has 0 bridgehead atoms. The monoisotopic (exact) mass is 245 g/mol. The molecule has 0 fully saturated rings. The number of amides is 1. The molecule has 0 unspecified atom stereocenters. The van der Waals surface area contributed by atoms with Crippen LogP contribution in [0.5, 0.6) is 0 Å². The zero-order chi connectivity index (χ0) is 13.1. The Kier molecular flexibility index (Phi) is 3.02. The summed E-state index contributed by atoms with van der Waals surface area (Å²) in [6, 6.07) is 5.66. The standard InChI is InChI=1S/C11H8FN5O/c1-6-14-10(17-16-6)11(18)15-9-4-2-3-8(12)7(9)5-13/h2-4H,1H3,(H,15,18)(H,14,16,17). The van der Waals surface area contributed by atoms with Gasteiger partial charge in [0.05, 0.1) is 5.69 Å². The van der Waals surface area contributed by atoms with Gasteiger partial charge in [0.25, 0.3) is 5.91 Å². The highest BCUT2D eigenvalue weighted by molar-refractivity contribution is 6.02. The highest BCUT2D eigenvalue weighted by Gasteiger charge is 2.15. The fourth-order valence-electron chi connectivity index (χ4n) is 1.36. The third kappa shape index (κ3) is 2.17. The lowest BCUT2D eigenvalue weighted by molar-refractivity contribution is 0.101. The van der Waals surface area contributed by atoms with Crippen molar-refractivity contribution in [2.75, 3.05) is 5.32 Å². The molecule has 0 saturated carbocycles. The molecule has 1 heterocycles. The number of anilines is 1. The highest BCUT2D eigenvalue weighted by atomic mass is 19.1. The fourth-order valence-corrected chi connectivity index (χ4v) is 1.36. The molecule has 0 aliphatic rings. The normalized spacial score (nSPS) is 9.83. The van der Waals surface area contributed by atoms with Crippen LogP contribution >= 0.6 is 0 Å². The van der Waals surface area contributed by atoms with Crippen LogP contribution in [0, 0.1) is 24.1 Å². The average Bonchev–Trinajstić information content (AvgIpc) is 2.76. The van der Waals surface area contributed by atoms with Gasteiger partial charge in [0.2, 0.25) is 5.82 Å². The molecule has 0 saturated heterocycles. The first kappa shape index (κ1) is 11.7. The SMILES string of the molecule is Cc1nc(C(=O)Nc2cccc(F)c2C#N)n[nH]1. The molecule has 2 N–H and O–H groups in total. The minimum Gasteiger partial charge on any atom is -0.318 e. The Morgan fingerprint density at radius 1 is 1.56 bits per heavy atom. The second kappa shape index (κ2) is 4.63. The predicted octanol–water partition coefficient (Wildman–Crippen LogP) is 1.38. The van der Waals surface area contributed by atoms with Crippen LogP contribution in [0.1, 0.15) is 22.0 Å². The summed E-state index contributed by atoms with van der Waals surface area (Å²) in [7, 11) is 0. The van der Waals surface area contributed by atoms with Crippen molar-refractivity contribution in [2.24, 2.45) is 0 Å². The van der Waals surface area contributed by atoms with E-state index in [1.165, 1.54) is 12.1 Å². The van der Waals surface area contributed by atoms with Gasteiger partial charge in [-0.25, -0.2) is 9.37 Å². The van der Waals surface area contributed by atoms with E-state index in [-0.39, 0.29) is 17.1 Å². The summed E-state index contributed by atoms with van der Waals surface area (Å²) in [4.78, 5) is 15.5. The number of hydrogen-bond donors (Lipinski definition) is 2. The van der Waals surface area contributed by atoms with Crippen LogP contribution in [0.25, 0.3) is 0 Å². The number of halogens is 1. The Hall–Kier alpha value is -2.75. The van der Waals surface area contributed by atoms with E-state index in [1.54, 1.807) is 13.0 Å². The van der Waals surface area contributed by atoms with E-state index >= 15 is 0 Å². The molecule has 18 heavy (non-hydrogen) atoms. The van der Waals surface area contributed by atoms with Crippen molar-refractivity contribution >= 4 is 11.6 Å². The van der Waals surface area contributed by atoms with Gasteiger partial charge >= 0.3 is 0 Å². The van der Waals surface area contributed by atoms with Crippen LogP contribution in [0.2, 0.25) is 0 Å². The van der Waals surface area contributed by atoms with Crippen molar-refractivity contribution in [1.29, 1.82) is 5.26 Å². The maximum atomic E-state index is 13.3. The maximum absolute atomic E-state index is 13.3. The van der Waals surface area contributed by atoms with Gasteiger partial charge in [-0.15, -0.1) is 5.10 Å². The lowest BCUT2D eigenvalue weighted by Gasteiger charge is -2.04. The van der Waals surface area contributed by atoms with Gasteiger partial charge in [-0.05, 0) is 19.1 Å². The number of nitrogens with zero attached hydrogens (tertiary/aromatic N) is 3. The van der Waals surface area contributed by atoms with Crippen LogP contribution in [0.4, 0.5) is 10.1 Å². The van der Waals surface area contributed by atoms with E-state index in [1.807, 2.05) is 0 Å². The lowest BCUT2D eigenvalue weighted by Crippen LogP contribution is -2.15. The quantitative estimate of drug-likeness (QED) is 0.835. The molecule has 1 aromatic heterocycles. The molecule has 1 aromatic carbocycles. The van der Waals surface area contributed by atoms with Gasteiger partial charge in [-0.3, -0.25) is 9.89 Å². The molecule has 0 aliphatic heterocycles. The minimum absolute atomic E-state index is 0.0688. The number of aromatic nitrogens is 3. The average molecular weight is 245 g/mol. The third-order valence-electron chi connectivity index (χ3n) is 2.17. The van der Waals surface area contributed by atoms with Gasteiger partial charge < -0.3 is 5.32 Å². The van der Waals surface area contributed by atoms with Crippen molar-refractivity contribution in [3.05, 3.63) is 41.2 Å². The summed E-state index contributed by atoms with van der Waals surface area (Å²) >= 11 is 0. The van der Waals surface area contributed by atoms with Gasteiger partial charge in [0.15, 0.2) is 0 Å². The van der Waals surface area contributed by atoms with E-state index in [0.29, 0.717) is 5.82 Å². The van der Waals surface area contributed by atoms with E-state index in [0.717, 1.165) is 6.07 Å². The Morgan fingerprint density at radius 2 is 2.33 bits per heavy atom. The lowest BCUT2D eigenvalue weighted by atomic mass is 10.2. The third-order valence-corrected chi connectivity index (χ3v) is 2.17. The summed E-state index contributed by atoms with van der Waals surface area (Å²) < 4.78 is 13.3. The Labute approximate surface area is 101 Å². The number of nitriles is 1. The number of benzene rings is 1. The van der Waals surface area contributed by atoms with Crippen LogP contribution in [0.15, 0.2) is 18.2 Å². The molecule has 0 aliphatic carbocycles. The Bertz CT molecular complexity index is 643. The first-order valence-corrected chi connectivity index (χ1v) is 5.01. The van der Waals surface area contributed by atoms with E-state index < -0.39 is 11.7 Å². The van der Waals surface area contributed by atoms with Gasteiger partial charge in [0.1, 0.15) is 23.3 Å². The smallest absolute Gasteiger partial charge is 0.295 e. The van der Waals surface area contributed by atoms with Crippen LogP contribution < -0.4 is 5.32 Å². The number of carbonyl (C=O) groups excluding carboxylic acids is 1. The molecule has 90 valence electrons. The zero-order valence-corrected chi connectivity index (χ0v) is 9.36. The van der Waals surface area contributed by atoms with Gasteiger partial charge in [0, 0.05) is 0 Å². The molecular formula is C11H8FN5O. The molecule has 2 rings (SSSR count). The molecule has 1 amide bonds. The summed E-state index contributed by atoms with van der Waals surface area (Å²) in [5.74, 6) is -0.886. The van der Waals surface area contributed by atoms with Crippen molar-refractivity contribution in [3.8, 4) is 6.07 Å². The van der Waals surface area contributed by atoms with Crippen molar-refractivity contribution < 1.29 is 9.18 Å². The summed E-state index contributed by atoms with van der Waals surface area (Å²) in [6.07, 6.45) is 0. The fraction of sp³-hybridized carbons (Fsp3) is 0.0909. The molecule has 0 spiro atoms. The second-order valence-electron chi connectivity index (χ2n) is 3.47. The van der Waals surface area contributed by atoms with Crippen LogP contribution in [0.3, 0.4) is 0 Å². The number of nitrogens with one attached hydrogen (secondary N) is 2. The summed E-state index contributed by atoms with van der Waals surface area (Å²) in [6.45, 7) is 1.65. The topological polar surface area (TPSA) is 94.5 Å². The minimum atomic E-state index is -0.693. The first-order valence-electron chi connectivity index (χ1n) is 5.01. The number of aromatic amines is 1. The molecule has 7 heteroatoms. The molecule has 6 nitrogen and oxygen atoms in total. The maximum Gasteiger partial charge on any atom is 0.295 e. The molecule has 0 atom stereocenters. The van der Waals surface area contributed by atoms with Crippen molar-refractivity contribution in [1.82, 2.24) is 15.2 Å². The van der Waals surface area contributed by atoms with Gasteiger partial charge in [-0.1, -0.05) is 6.07 Å². The Morgan fingerprint density at radius 3 is 2.94 bits per heavy atom. The van der Waals surface area contributed by atoms with Gasteiger partial charge in [-0.2, -0.15) is 5.26 Å². The second-order valence-corrected chi connectivity index (χ2v) is 3.47. The van der Waals surface area contributed by atoms with E-state index in [9.17, 15) is 9.18 Å². The number of H-pyrrole nitrogens is 1. The van der Waals surface area contributed by atoms with E-state index in [2.05, 4.69) is 20.5 Å². The zero-order valence-electron chi connectivity index (χ0n) is 9.36. The molecular weight excluding hydrogens is 237 g/mol. The Balaban J connectivity index is 2.28. The first-order chi connectivity index (χ1) is 8.61. The molecule has 0 radical (unpaired) electrons. The molecule has 2 aromatic rings. The largest absolute Gasteiger partial charge is 0.318 e. The summed E-state index contributed by atoms with van der Waals surface area (Å²) in [5.41, 5.74) is -0.136. The number of carbonyl (C=O) groups is 1. The van der Waals surface area contributed by atoms with Crippen LogP contribution in [-0.2, 0) is 0 Å². The predicted molar refractivity (Wildman–Crippen MR) is 60.2 cm³/mol. The van der Waals surface area contributed by atoms with E-state index in [4.69, 9.17) is 5.26 Å². The number of hydrogen-bond acceptors (Lipinski definition) is 4. The van der Waals surface area contributed by atoms with Crippen LogP contribution in [-0.4, -0.2) is 21.1 Å². The van der Waals surface area contributed by atoms with Crippen molar-refractivity contribution in [2.45, 2.75) is 6.92 Å². The van der Waals surface area contributed by atoms with Crippen molar-refractivity contribution in [3.63, 3.8) is 0 Å². The highest BCUT2D eigenvalue weighted by Crippen LogP contribution is 2.18. The number of aryl methyl sites for hydroxylation is 1. The number of rotatable bonds is 2.